The van der Waals surface area contributed by atoms with Gasteiger partial charge in [0.2, 0.25) is 0 Å². The fraction of sp³-hybridized carbons (Fsp3) is 0.231. The largest absolute Gasteiger partial charge is 0.382 e. The molecule has 1 aromatic heterocycles. The van der Waals surface area contributed by atoms with E-state index in [2.05, 4.69) is 32.6 Å². The smallest absolute Gasteiger partial charge is 0.121 e. The average Bonchev–Trinajstić information content (AvgIpc) is 2.39. The van der Waals surface area contributed by atoms with Crippen LogP contribution in [0.5, 0.6) is 0 Å². The van der Waals surface area contributed by atoms with Crippen molar-refractivity contribution in [2.45, 2.75) is 16.4 Å². The number of halogens is 3. The van der Waals surface area contributed by atoms with Gasteiger partial charge in [-0.1, -0.05) is 51.9 Å². The second-order valence-corrected chi connectivity index (χ2v) is 6.36. The first-order valence-electron chi connectivity index (χ1n) is 5.51. The summed E-state index contributed by atoms with van der Waals surface area (Å²) in [6.45, 7) is 1.69. The number of aliphatic hydroxyl groups is 1. The minimum absolute atomic E-state index is 0.272. The van der Waals surface area contributed by atoms with E-state index in [4.69, 9.17) is 23.2 Å². The second kappa shape index (κ2) is 5.91. The van der Waals surface area contributed by atoms with Crippen LogP contribution in [0.3, 0.4) is 0 Å². The number of aromatic nitrogens is 2. The van der Waals surface area contributed by atoms with Gasteiger partial charge >= 0.3 is 0 Å². The molecule has 1 aromatic carbocycles. The fourth-order valence-electron chi connectivity index (χ4n) is 1.70. The summed E-state index contributed by atoms with van der Waals surface area (Å²) >= 11 is 14.2. The summed E-state index contributed by atoms with van der Waals surface area (Å²) in [5.41, 5.74) is 0.134. The molecular weight excluding hydrogens is 398 g/mol. The first kappa shape index (κ1) is 15.0. The highest BCUT2D eigenvalue weighted by Gasteiger charge is 2.35. The molecule has 0 spiro atoms. The van der Waals surface area contributed by atoms with Crippen LogP contribution in [0, 0.1) is 0 Å². The molecule has 0 bridgehead atoms. The molecule has 0 radical (unpaired) electrons. The Morgan fingerprint density at radius 1 is 1.32 bits per heavy atom. The van der Waals surface area contributed by atoms with Gasteiger partial charge in [-0.15, -0.1) is 0 Å². The highest BCUT2D eigenvalue weighted by Crippen LogP contribution is 2.43. The van der Waals surface area contributed by atoms with Gasteiger partial charge in [-0.3, -0.25) is 9.97 Å². The Kier molecular flexibility index (Phi) is 4.66. The van der Waals surface area contributed by atoms with Crippen molar-refractivity contribution in [2.75, 3.05) is 0 Å². The highest BCUT2D eigenvalue weighted by molar-refractivity contribution is 14.1. The molecule has 0 amide bonds. The Morgan fingerprint density at radius 3 is 2.63 bits per heavy atom. The van der Waals surface area contributed by atoms with Crippen molar-refractivity contribution >= 4 is 45.8 Å². The van der Waals surface area contributed by atoms with Gasteiger partial charge in [0.05, 0.1) is 15.8 Å². The van der Waals surface area contributed by atoms with Crippen LogP contribution in [-0.2, 0) is 5.60 Å². The van der Waals surface area contributed by atoms with Crippen LogP contribution in [-0.4, -0.2) is 15.1 Å². The SMILES string of the molecule is CC(O)(c1cnccn1)C(I)c1ccc(Cl)cc1Cl. The van der Waals surface area contributed by atoms with Gasteiger partial charge in [0, 0.05) is 22.4 Å². The summed E-state index contributed by atoms with van der Waals surface area (Å²) in [5.74, 6) is 0. The quantitative estimate of drug-likeness (QED) is 0.612. The molecule has 1 N–H and O–H groups in total. The van der Waals surface area contributed by atoms with Crippen LogP contribution in [0.1, 0.15) is 22.1 Å². The summed E-state index contributed by atoms with van der Waals surface area (Å²) in [6.07, 6.45) is 4.67. The number of rotatable bonds is 3. The molecule has 2 atom stereocenters. The van der Waals surface area contributed by atoms with E-state index in [1.165, 1.54) is 0 Å². The summed E-state index contributed by atoms with van der Waals surface area (Å²) in [4.78, 5) is 8.14. The van der Waals surface area contributed by atoms with Crippen LogP contribution in [0.2, 0.25) is 10.0 Å². The molecule has 2 unspecified atom stereocenters. The van der Waals surface area contributed by atoms with Gasteiger partial charge in [-0.25, -0.2) is 0 Å². The molecule has 100 valence electrons. The zero-order chi connectivity index (χ0) is 14.0. The molecule has 0 saturated carbocycles. The zero-order valence-corrected chi connectivity index (χ0v) is 13.7. The third-order valence-corrected chi connectivity index (χ3v) is 5.26. The lowest BCUT2D eigenvalue weighted by atomic mass is 9.93. The van der Waals surface area contributed by atoms with E-state index in [9.17, 15) is 5.11 Å². The van der Waals surface area contributed by atoms with Gasteiger partial charge in [-0.2, -0.15) is 0 Å². The minimum Gasteiger partial charge on any atom is -0.382 e. The zero-order valence-electron chi connectivity index (χ0n) is 10.0. The lowest BCUT2D eigenvalue weighted by Gasteiger charge is -2.29. The first-order chi connectivity index (χ1) is 8.93. The normalized spacial score (nSPS) is 15.8. The summed E-state index contributed by atoms with van der Waals surface area (Å²) in [6, 6.07) is 5.23. The van der Waals surface area contributed by atoms with Crippen molar-refractivity contribution in [3.8, 4) is 0 Å². The summed E-state index contributed by atoms with van der Waals surface area (Å²) in [5, 5.41) is 11.8. The molecule has 3 nitrogen and oxygen atoms in total. The Labute approximate surface area is 135 Å². The monoisotopic (exact) mass is 408 g/mol. The third kappa shape index (κ3) is 3.18. The number of hydrogen-bond acceptors (Lipinski definition) is 3. The van der Waals surface area contributed by atoms with Crippen LogP contribution in [0.15, 0.2) is 36.8 Å². The van der Waals surface area contributed by atoms with E-state index < -0.39 is 5.60 Å². The Balaban J connectivity index is 2.40. The van der Waals surface area contributed by atoms with E-state index in [-0.39, 0.29) is 3.92 Å². The van der Waals surface area contributed by atoms with E-state index in [1.807, 2.05) is 6.07 Å². The molecule has 0 aliphatic carbocycles. The molecule has 0 fully saturated rings. The second-order valence-electron chi connectivity index (χ2n) is 4.27. The summed E-state index contributed by atoms with van der Waals surface area (Å²) in [7, 11) is 0. The summed E-state index contributed by atoms with van der Waals surface area (Å²) < 4.78 is -0.272. The molecule has 0 saturated heterocycles. The van der Waals surface area contributed by atoms with Crippen molar-refractivity contribution in [3.63, 3.8) is 0 Å². The molecule has 6 heteroatoms. The maximum atomic E-state index is 10.7. The van der Waals surface area contributed by atoms with Gasteiger partial charge in [-0.05, 0) is 24.6 Å². The van der Waals surface area contributed by atoms with Gasteiger partial charge in [0.15, 0.2) is 0 Å². The average molecular weight is 409 g/mol. The van der Waals surface area contributed by atoms with E-state index in [0.29, 0.717) is 15.7 Å². The van der Waals surface area contributed by atoms with Gasteiger partial charge < -0.3 is 5.11 Å². The minimum atomic E-state index is -1.17. The van der Waals surface area contributed by atoms with Crippen molar-refractivity contribution in [1.29, 1.82) is 0 Å². The number of alkyl halides is 1. The lowest BCUT2D eigenvalue weighted by Crippen LogP contribution is -2.28. The lowest BCUT2D eigenvalue weighted by molar-refractivity contribution is 0.0541. The van der Waals surface area contributed by atoms with Gasteiger partial charge in [0.25, 0.3) is 0 Å². The molecule has 0 aliphatic rings. The van der Waals surface area contributed by atoms with Gasteiger partial charge in [0.1, 0.15) is 5.60 Å². The molecule has 19 heavy (non-hydrogen) atoms. The Morgan fingerprint density at radius 2 is 2.05 bits per heavy atom. The van der Waals surface area contributed by atoms with Crippen LogP contribution in [0.25, 0.3) is 0 Å². The standard InChI is InChI=1S/C13H11Cl2IN2O/c1-13(19,11-7-17-4-5-18-11)12(16)9-3-2-8(14)6-10(9)15/h2-7,12,19H,1H3. The Bertz CT molecular complexity index is 578. The first-order valence-corrected chi connectivity index (χ1v) is 7.51. The number of hydrogen-bond donors (Lipinski definition) is 1. The van der Waals surface area contributed by atoms with Crippen molar-refractivity contribution < 1.29 is 5.11 Å². The molecule has 0 aliphatic heterocycles. The third-order valence-electron chi connectivity index (χ3n) is 2.81. The Hall–Kier alpha value is -0.430. The molecular formula is C13H11Cl2IN2O. The maximum Gasteiger partial charge on any atom is 0.121 e. The van der Waals surface area contributed by atoms with E-state index in [1.54, 1.807) is 37.6 Å². The van der Waals surface area contributed by atoms with Crippen LogP contribution >= 0.6 is 45.8 Å². The van der Waals surface area contributed by atoms with Crippen LogP contribution in [0.4, 0.5) is 0 Å². The van der Waals surface area contributed by atoms with Crippen molar-refractivity contribution in [1.82, 2.24) is 9.97 Å². The highest BCUT2D eigenvalue weighted by atomic mass is 127. The van der Waals surface area contributed by atoms with Crippen molar-refractivity contribution in [2.24, 2.45) is 0 Å². The predicted octanol–water partition coefficient (Wildman–Crippen LogP) is 4.17. The van der Waals surface area contributed by atoms with E-state index >= 15 is 0 Å². The molecule has 1 heterocycles. The molecule has 2 rings (SSSR count). The van der Waals surface area contributed by atoms with Crippen molar-refractivity contribution in [3.05, 3.63) is 58.1 Å². The fourth-order valence-corrected chi connectivity index (χ4v) is 3.26. The van der Waals surface area contributed by atoms with Crippen LogP contribution < -0.4 is 0 Å². The number of nitrogens with zero attached hydrogens (tertiary/aromatic N) is 2. The topological polar surface area (TPSA) is 46.0 Å². The number of benzene rings is 1. The predicted molar refractivity (Wildman–Crippen MR) is 84.8 cm³/mol. The van der Waals surface area contributed by atoms with E-state index in [0.717, 1.165) is 5.56 Å². The molecule has 2 aromatic rings. The maximum absolute atomic E-state index is 10.7.